The summed E-state index contributed by atoms with van der Waals surface area (Å²) in [6, 6.07) is 3.05. The van der Waals surface area contributed by atoms with E-state index >= 15 is 0 Å². The van der Waals surface area contributed by atoms with Crippen LogP contribution in [0.1, 0.15) is 23.2 Å². The third-order valence-electron chi connectivity index (χ3n) is 3.82. The average Bonchev–Trinajstić information content (AvgIpc) is 2.55. The van der Waals surface area contributed by atoms with Gasteiger partial charge in [-0.05, 0) is 28.1 Å². The molecule has 1 heterocycles. The SMILES string of the molecule is COc1cc(C(=O)NC2(C(=O)O)CCOCC2)cc(OC)c1Br. The van der Waals surface area contributed by atoms with Crippen molar-refractivity contribution in [1.82, 2.24) is 5.32 Å². The van der Waals surface area contributed by atoms with E-state index in [9.17, 15) is 14.7 Å². The number of methoxy groups -OCH3 is 2. The van der Waals surface area contributed by atoms with Gasteiger partial charge < -0.3 is 24.6 Å². The highest BCUT2D eigenvalue weighted by atomic mass is 79.9. The quantitative estimate of drug-likeness (QED) is 0.800. The zero-order chi connectivity index (χ0) is 17.0. The highest BCUT2D eigenvalue weighted by Gasteiger charge is 2.41. The Morgan fingerprint density at radius 3 is 2.17 bits per heavy atom. The Bertz CT molecular complexity index is 587. The van der Waals surface area contributed by atoms with Crippen molar-refractivity contribution in [2.45, 2.75) is 18.4 Å². The second-order valence-corrected chi connectivity index (χ2v) is 5.94. The second-order valence-electron chi connectivity index (χ2n) is 5.15. The van der Waals surface area contributed by atoms with E-state index in [1.54, 1.807) is 0 Å². The normalized spacial score (nSPS) is 16.5. The maximum atomic E-state index is 12.5. The van der Waals surface area contributed by atoms with Gasteiger partial charge in [0.15, 0.2) is 0 Å². The molecule has 1 aromatic carbocycles. The van der Waals surface area contributed by atoms with E-state index in [4.69, 9.17) is 14.2 Å². The Labute approximate surface area is 142 Å². The molecule has 0 aromatic heterocycles. The highest BCUT2D eigenvalue weighted by Crippen LogP contribution is 2.35. The van der Waals surface area contributed by atoms with Gasteiger partial charge in [0.2, 0.25) is 0 Å². The van der Waals surface area contributed by atoms with Crippen LogP contribution >= 0.6 is 15.9 Å². The van der Waals surface area contributed by atoms with Crippen molar-refractivity contribution >= 4 is 27.8 Å². The van der Waals surface area contributed by atoms with E-state index in [-0.39, 0.29) is 18.4 Å². The molecule has 2 rings (SSSR count). The molecule has 1 aliphatic heterocycles. The van der Waals surface area contributed by atoms with Crippen LogP contribution in [0.4, 0.5) is 0 Å². The Morgan fingerprint density at radius 2 is 1.74 bits per heavy atom. The van der Waals surface area contributed by atoms with Crippen LogP contribution in [0.15, 0.2) is 16.6 Å². The van der Waals surface area contributed by atoms with Gasteiger partial charge in [0.25, 0.3) is 5.91 Å². The average molecular weight is 388 g/mol. The molecular weight excluding hydrogens is 370 g/mol. The van der Waals surface area contributed by atoms with E-state index in [0.29, 0.717) is 29.2 Å². The van der Waals surface area contributed by atoms with Gasteiger partial charge in [-0.15, -0.1) is 0 Å². The van der Waals surface area contributed by atoms with Gasteiger partial charge in [0, 0.05) is 31.6 Å². The first kappa shape index (κ1) is 17.6. The number of nitrogens with one attached hydrogen (secondary N) is 1. The molecule has 1 amide bonds. The molecule has 0 spiro atoms. The largest absolute Gasteiger partial charge is 0.495 e. The lowest BCUT2D eigenvalue weighted by Gasteiger charge is -2.33. The maximum Gasteiger partial charge on any atom is 0.329 e. The van der Waals surface area contributed by atoms with E-state index in [1.807, 2.05) is 0 Å². The van der Waals surface area contributed by atoms with Crippen molar-refractivity contribution in [1.29, 1.82) is 0 Å². The zero-order valence-corrected chi connectivity index (χ0v) is 14.4. The molecule has 0 radical (unpaired) electrons. The monoisotopic (exact) mass is 387 g/mol. The van der Waals surface area contributed by atoms with Gasteiger partial charge in [-0.2, -0.15) is 0 Å². The van der Waals surface area contributed by atoms with Gasteiger partial charge in [-0.25, -0.2) is 4.79 Å². The van der Waals surface area contributed by atoms with Crippen LogP contribution in [-0.2, 0) is 9.53 Å². The summed E-state index contributed by atoms with van der Waals surface area (Å²) >= 11 is 3.32. The summed E-state index contributed by atoms with van der Waals surface area (Å²) < 4.78 is 16.2. The number of rotatable bonds is 5. The number of amides is 1. The Balaban J connectivity index is 2.31. The van der Waals surface area contributed by atoms with Gasteiger partial charge in [-0.1, -0.05) is 0 Å². The van der Waals surface area contributed by atoms with Crippen molar-refractivity contribution in [3.63, 3.8) is 0 Å². The molecule has 0 aliphatic carbocycles. The van der Waals surface area contributed by atoms with Crippen LogP contribution in [-0.4, -0.2) is 50.0 Å². The summed E-state index contributed by atoms with van der Waals surface area (Å²) in [6.45, 7) is 0.582. The number of carbonyl (C=O) groups is 2. The molecule has 0 saturated carbocycles. The van der Waals surface area contributed by atoms with E-state index in [1.165, 1.54) is 26.4 Å². The number of carbonyl (C=O) groups excluding carboxylic acids is 1. The number of benzene rings is 1. The number of carboxylic acids is 1. The fraction of sp³-hybridized carbons (Fsp3) is 0.467. The fourth-order valence-corrected chi connectivity index (χ4v) is 2.95. The molecule has 1 aromatic rings. The van der Waals surface area contributed by atoms with Crippen LogP contribution in [0.25, 0.3) is 0 Å². The summed E-state index contributed by atoms with van der Waals surface area (Å²) in [4.78, 5) is 24.1. The molecule has 23 heavy (non-hydrogen) atoms. The minimum atomic E-state index is -1.32. The first-order valence-electron chi connectivity index (χ1n) is 6.98. The van der Waals surface area contributed by atoms with Crippen LogP contribution in [0.2, 0.25) is 0 Å². The molecule has 2 N–H and O–H groups in total. The van der Waals surface area contributed by atoms with Crippen molar-refractivity contribution in [2.75, 3.05) is 27.4 Å². The number of aliphatic carboxylic acids is 1. The van der Waals surface area contributed by atoms with Crippen LogP contribution in [0, 0.1) is 0 Å². The summed E-state index contributed by atoms with van der Waals surface area (Å²) in [5.74, 6) is -0.722. The van der Waals surface area contributed by atoms with E-state index in [2.05, 4.69) is 21.2 Å². The van der Waals surface area contributed by atoms with Crippen molar-refractivity contribution in [3.05, 3.63) is 22.2 Å². The molecule has 8 heteroatoms. The molecule has 1 aliphatic rings. The predicted octanol–water partition coefficient (Wildman–Crippen LogP) is 1.83. The molecule has 1 saturated heterocycles. The Morgan fingerprint density at radius 1 is 1.22 bits per heavy atom. The highest BCUT2D eigenvalue weighted by molar-refractivity contribution is 9.10. The van der Waals surface area contributed by atoms with Gasteiger partial charge in [-0.3, -0.25) is 4.79 Å². The molecule has 7 nitrogen and oxygen atoms in total. The smallest absolute Gasteiger partial charge is 0.329 e. The maximum absolute atomic E-state index is 12.5. The topological polar surface area (TPSA) is 94.1 Å². The van der Waals surface area contributed by atoms with Crippen LogP contribution in [0.3, 0.4) is 0 Å². The zero-order valence-electron chi connectivity index (χ0n) is 12.8. The summed E-state index contributed by atoms with van der Waals surface area (Å²) in [6.07, 6.45) is 0.442. The third-order valence-corrected chi connectivity index (χ3v) is 4.60. The van der Waals surface area contributed by atoms with Crippen molar-refractivity contribution < 1.29 is 28.9 Å². The lowest BCUT2D eigenvalue weighted by molar-refractivity contribution is -0.148. The van der Waals surface area contributed by atoms with E-state index in [0.717, 1.165) is 0 Å². The number of hydrogen-bond acceptors (Lipinski definition) is 5. The summed E-state index contributed by atoms with van der Waals surface area (Å²) in [5.41, 5.74) is -1.06. The Hall–Kier alpha value is -1.80. The van der Waals surface area contributed by atoms with Gasteiger partial charge in [0.05, 0.1) is 14.2 Å². The molecule has 126 valence electrons. The number of hydrogen-bond donors (Lipinski definition) is 2. The fourth-order valence-electron chi connectivity index (χ4n) is 2.40. The molecular formula is C15H18BrNO6. The first-order chi connectivity index (χ1) is 10.9. The Kier molecular flexibility index (Phi) is 5.48. The molecule has 1 fully saturated rings. The molecule has 0 atom stereocenters. The molecule has 0 unspecified atom stereocenters. The third kappa shape index (κ3) is 3.59. The van der Waals surface area contributed by atoms with Crippen molar-refractivity contribution in [2.24, 2.45) is 0 Å². The summed E-state index contributed by atoms with van der Waals surface area (Å²) in [5, 5.41) is 12.1. The predicted molar refractivity (Wildman–Crippen MR) is 85.1 cm³/mol. The van der Waals surface area contributed by atoms with Crippen LogP contribution < -0.4 is 14.8 Å². The summed E-state index contributed by atoms with van der Waals surface area (Å²) in [7, 11) is 2.94. The second kappa shape index (κ2) is 7.18. The lowest BCUT2D eigenvalue weighted by Crippen LogP contribution is -2.57. The van der Waals surface area contributed by atoms with Crippen molar-refractivity contribution in [3.8, 4) is 11.5 Å². The van der Waals surface area contributed by atoms with Gasteiger partial charge in [0.1, 0.15) is 21.5 Å². The standard InChI is InChI=1S/C15H18BrNO6/c1-21-10-7-9(8-11(22-2)12(10)16)13(18)17-15(14(19)20)3-5-23-6-4-15/h7-8H,3-6H2,1-2H3,(H,17,18)(H,19,20). The lowest BCUT2D eigenvalue weighted by atomic mass is 9.89. The van der Waals surface area contributed by atoms with E-state index < -0.39 is 17.4 Å². The first-order valence-corrected chi connectivity index (χ1v) is 7.78. The number of halogens is 1. The van der Waals surface area contributed by atoms with Crippen LogP contribution in [0.5, 0.6) is 11.5 Å². The minimum Gasteiger partial charge on any atom is -0.495 e. The van der Waals surface area contributed by atoms with Gasteiger partial charge >= 0.3 is 5.97 Å². The minimum absolute atomic E-state index is 0.221. The number of ether oxygens (including phenoxy) is 3. The number of carboxylic acid groups (broad SMARTS) is 1. The molecule has 0 bridgehead atoms.